The van der Waals surface area contributed by atoms with E-state index in [1.54, 1.807) is 56.8 Å². The number of carbonyl (C=O) groups is 1. The summed E-state index contributed by atoms with van der Waals surface area (Å²) in [6.07, 6.45) is 3.28. The number of phenolic OH excluding ortho intramolecular Hbond substituents is 1. The molecule has 35 heavy (non-hydrogen) atoms. The van der Waals surface area contributed by atoms with Gasteiger partial charge in [0.25, 0.3) is 5.56 Å². The average Bonchev–Trinajstić information content (AvgIpc) is 3.13. The smallest absolute Gasteiger partial charge is 0.338 e. The second kappa shape index (κ2) is 10.1. The van der Waals surface area contributed by atoms with E-state index in [2.05, 4.69) is 4.99 Å². The topological polar surface area (TPSA) is 90.1 Å². The zero-order valence-corrected chi connectivity index (χ0v) is 21.7. The Bertz CT molecular complexity index is 1480. The van der Waals surface area contributed by atoms with Crippen LogP contribution in [0.4, 0.5) is 0 Å². The summed E-state index contributed by atoms with van der Waals surface area (Å²) >= 11 is 2.81. The summed E-state index contributed by atoms with van der Waals surface area (Å²) in [5.41, 5.74) is 1.76. The van der Waals surface area contributed by atoms with Crippen molar-refractivity contribution >= 4 is 35.1 Å². The number of aromatic nitrogens is 1. The van der Waals surface area contributed by atoms with Gasteiger partial charge in [-0.2, -0.15) is 0 Å². The molecule has 0 aliphatic carbocycles. The van der Waals surface area contributed by atoms with Crippen LogP contribution in [-0.2, 0) is 9.53 Å². The molecule has 0 amide bonds. The predicted octanol–water partition coefficient (Wildman–Crippen LogP) is 3.62. The molecule has 1 N–H and O–H groups in total. The monoisotopic (exact) mass is 510 g/mol. The van der Waals surface area contributed by atoms with Gasteiger partial charge in [0.2, 0.25) is 0 Å². The zero-order chi connectivity index (χ0) is 25.3. The number of ether oxygens (including phenoxy) is 2. The van der Waals surface area contributed by atoms with E-state index in [1.165, 1.54) is 23.0 Å². The molecule has 2 aromatic carbocycles. The van der Waals surface area contributed by atoms with Crippen LogP contribution in [0.15, 0.2) is 68.4 Å². The van der Waals surface area contributed by atoms with Crippen molar-refractivity contribution < 1.29 is 19.4 Å². The number of esters is 1. The lowest BCUT2D eigenvalue weighted by molar-refractivity contribution is -0.143. The SMILES string of the molecule is COc1cccc(/C=c2\sc3n(c2=O)[C@H](c2ccc(SC)cc2)C(C(=O)OC(C)C)=C(C)N=3)c1O. The van der Waals surface area contributed by atoms with Crippen molar-refractivity contribution in [3.63, 3.8) is 0 Å². The van der Waals surface area contributed by atoms with E-state index in [0.717, 1.165) is 10.5 Å². The van der Waals surface area contributed by atoms with Gasteiger partial charge in [0.15, 0.2) is 16.3 Å². The normalized spacial score (nSPS) is 15.7. The van der Waals surface area contributed by atoms with Gasteiger partial charge in [-0.05, 0) is 56.9 Å². The standard InChI is InChI=1S/C26H26N2O5S2/c1-14(2)33-25(31)21-15(3)27-26-28(22(21)16-9-11-18(34-5)12-10-16)24(30)20(35-26)13-17-7-6-8-19(32-4)23(17)29/h6-14,22,29H,1-5H3/b20-13-/t22-/m1/s1. The summed E-state index contributed by atoms with van der Waals surface area (Å²) in [7, 11) is 1.47. The van der Waals surface area contributed by atoms with E-state index in [4.69, 9.17) is 9.47 Å². The molecule has 182 valence electrons. The minimum Gasteiger partial charge on any atom is -0.504 e. The molecule has 0 bridgehead atoms. The molecule has 0 saturated heterocycles. The number of allylic oxidation sites excluding steroid dienone is 1. The number of thioether (sulfide) groups is 1. The molecule has 3 aromatic rings. The van der Waals surface area contributed by atoms with Gasteiger partial charge in [0, 0.05) is 10.5 Å². The Labute approximate surface area is 211 Å². The number of phenols is 1. The van der Waals surface area contributed by atoms with E-state index in [9.17, 15) is 14.7 Å². The Kier molecular flexibility index (Phi) is 7.18. The highest BCUT2D eigenvalue weighted by Gasteiger charge is 2.33. The maximum atomic E-state index is 13.7. The molecule has 7 nitrogen and oxygen atoms in total. The van der Waals surface area contributed by atoms with Crippen LogP contribution in [0.5, 0.6) is 11.5 Å². The van der Waals surface area contributed by atoms with E-state index in [0.29, 0.717) is 31.9 Å². The second-order valence-corrected chi connectivity index (χ2v) is 10.1. The van der Waals surface area contributed by atoms with Crippen LogP contribution in [0.2, 0.25) is 0 Å². The molecule has 1 aliphatic rings. The maximum absolute atomic E-state index is 13.7. The van der Waals surface area contributed by atoms with Crippen molar-refractivity contribution in [2.75, 3.05) is 13.4 Å². The van der Waals surface area contributed by atoms with Gasteiger partial charge in [-0.15, -0.1) is 11.8 Å². The summed E-state index contributed by atoms with van der Waals surface area (Å²) < 4.78 is 12.6. The molecule has 0 fully saturated rings. The third-order valence-electron chi connectivity index (χ3n) is 5.55. The number of carbonyl (C=O) groups excluding carboxylic acids is 1. The lowest BCUT2D eigenvalue weighted by Gasteiger charge is -2.25. The summed E-state index contributed by atoms with van der Waals surface area (Å²) in [5.74, 6) is -0.241. The molecular formula is C26H26N2O5S2. The van der Waals surface area contributed by atoms with E-state index in [-0.39, 0.29) is 17.4 Å². The zero-order valence-electron chi connectivity index (χ0n) is 20.1. The Morgan fingerprint density at radius 1 is 1.23 bits per heavy atom. The van der Waals surface area contributed by atoms with Gasteiger partial charge in [0.1, 0.15) is 0 Å². The number of para-hydroxylation sites is 1. The van der Waals surface area contributed by atoms with Crippen LogP contribution < -0.4 is 19.6 Å². The number of nitrogens with zero attached hydrogens (tertiary/aromatic N) is 2. The van der Waals surface area contributed by atoms with Gasteiger partial charge in [-0.3, -0.25) is 9.36 Å². The summed E-state index contributed by atoms with van der Waals surface area (Å²) in [4.78, 5) is 33.0. The van der Waals surface area contributed by atoms with Crippen molar-refractivity contribution in [1.29, 1.82) is 0 Å². The van der Waals surface area contributed by atoms with Gasteiger partial charge < -0.3 is 14.6 Å². The van der Waals surface area contributed by atoms with Crippen molar-refractivity contribution in [2.45, 2.75) is 37.8 Å². The van der Waals surface area contributed by atoms with Crippen LogP contribution in [-0.4, -0.2) is 35.1 Å². The minimum atomic E-state index is -0.686. The fourth-order valence-corrected chi connectivity index (χ4v) is 5.37. The largest absolute Gasteiger partial charge is 0.504 e. The highest BCUT2D eigenvalue weighted by Crippen LogP contribution is 2.32. The predicted molar refractivity (Wildman–Crippen MR) is 138 cm³/mol. The number of hydrogen-bond acceptors (Lipinski definition) is 8. The van der Waals surface area contributed by atoms with Crippen LogP contribution in [0, 0.1) is 0 Å². The first-order valence-corrected chi connectivity index (χ1v) is 13.0. The molecule has 2 heterocycles. The van der Waals surface area contributed by atoms with E-state index < -0.39 is 12.0 Å². The van der Waals surface area contributed by atoms with Crippen molar-refractivity contribution in [1.82, 2.24) is 4.57 Å². The Hall–Kier alpha value is -3.30. The second-order valence-electron chi connectivity index (χ2n) is 8.21. The first kappa shape index (κ1) is 24.8. The number of benzene rings is 2. The van der Waals surface area contributed by atoms with E-state index in [1.807, 2.05) is 30.5 Å². The number of methoxy groups -OCH3 is 1. The average molecular weight is 511 g/mol. The highest BCUT2D eigenvalue weighted by molar-refractivity contribution is 7.98. The lowest BCUT2D eigenvalue weighted by Crippen LogP contribution is -2.40. The number of thiazole rings is 1. The minimum absolute atomic E-state index is 0.0533. The van der Waals surface area contributed by atoms with Gasteiger partial charge in [-0.25, -0.2) is 9.79 Å². The van der Waals surface area contributed by atoms with Crippen LogP contribution >= 0.6 is 23.1 Å². The Morgan fingerprint density at radius 2 is 1.94 bits per heavy atom. The van der Waals surface area contributed by atoms with Gasteiger partial charge in [0.05, 0.1) is 35.1 Å². The van der Waals surface area contributed by atoms with Crippen LogP contribution in [0.3, 0.4) is 0 Å². The van der Waals surface area contributed by atoms with Crippen LogP contribution in [0.1, 0.15) is 37.9 Å². The molecular weight excluding hydrogens is 484 g/mol. The quantitative estimate of drug-likeness (QED) is 0.402. The molecule has 0 radical (unpaired) electrons. The molecule has 1 atom stereocenters. The number of aromatic hydroxyl groups is 1. The number of fused-ring (bicyclic) bond motifs is 1. The van der Waals surface area contributed by atoms with Crippen LogP contribution in [0.25, 0.3) is 6.08 Å². The fourth-order valence-electron chi connectivity index (χ4n) is 3.92. The lowest BCUT2D eigenvalue weighted by atomic mass is 9.96. The maximum Gasteiger partial charge on any atom is 0.338 e. The molecule has 1 aliphatic heterocycles. The Balaban J connectivity index is 1.94. The number of hydrogen-bond donors (Lipinski definition) is 1. The van der Waals surface area contributed by atoms with Gasteiger partial charge >= 0.3 is 5.97 Å². The fraction of sp³-hybridized carbons (Fsp3) is 0.269. The van der Waals surface area contributed by atoms with Gasteiger partial charge in [-0.1, -0.05) is 35.6 Å². The third kappa shape index (κ3) is 4.78. The van der Waals surface area contributed by atoms with Crippen molar-refractivity contribution in [3.05, 3.63) is 84.5 Å². The third-order valence-corrected chi connectivity index (χ3v) is 7.28. The first-order valence-electron chi connectivity index (χ1n) is 11.0. The summed E-state index contributed by atoms with van der Waals surface area (Å²) in [6, 6.07) is 12.2. The highest BCUT2D eigenvalue weighted by atomic mass is 32.2. The number of rotatable bonds is 6. The van der Waals surface area contributed by atoms with Crippen molar-refractivity contribution in [3.8, 4) is 11.5 Å². The molecule has 9 heteroatoms. The molecule has 4 rings (SSSR count). The molecule has 0 unspecified atom stereocenters. The molecule has 1 aromatic heterocycles. The summed E-state index contributed by atoms with van der Waals surface area (Å²) in [5, 5.41) is 10.5. The Morgan fingerprint density at radius 3 is 2.57 bits per heavy atom. The molecule has 0 spiro atoms. The summed E-state index contributed by atoms with van der Waals surface area (Å²) in [6.45, 7) is 5.32. The van der Waals surface area contributed by atoms with Crippen molar-refractivity contribution in [2.24, 2.45) is 4.99 Å². The molecule has 0 saturated carbocycles. The van der Waals surface area contributed by atoms with E-state index >= 15 is 0 Å². The first-order chi connectivity index (χ1) is 16.7.